The molecular weight excluding hydrogens is 283 g/mol. The number of hydrogen-bond donors (Lipinski definition) is 2. The molecule has 0 saturated heterocycles. The van der Waals surface area contributed by atoms with Crippen LogP contribution in [0.3, 0.4) is 0 Å². The smallest absolute Gasteiger partial charge is 0.310 e. The van der Waals surface area contributed by atoms with Gasteiger partial charge in [0.1, 0.15) is 12.2 Å². The van der Waals surface area contributed by atoms with Crippen LogP contribution in [0.1, 0.15) is 30.7 Å². The van der Waals surface area contributed by atoms with Gasteiger partial charge in [-0.2, -0.15) is 0 Å². The summed E-state index contributed by atoms with van der Waals surface area (Å²) in [6, 6.07) is 3.89. The molecule has 0 amide bonds. The Morgan fingerprint density at radius 1 is 1.19 bits per heavy atom. The van der Waals surface area contributed by atoms with Crippen LogP contribution in [0, 0.1) is 5.82 Å². The molecule has 21 heavy (non-hydrogen) atoms. The fourth-order valence-electron chi connectivity index (χ4n) is 1.97. The highest BCUT2D eigenvalue weighted by Crippen LogP contribution is 2.28. The number of hydrogen-bond acceptors (Lipinski definition) is 4. The van der Waals surface area contributed by atoms with Crippen molar-refractivity contribution in [3.05, 3.63) is 29.6 Å². The van der Waals surface area contributed by atoms with Gasteiger partial charge in [0, 0.05) is 12.3 Å². The number of Topliss-reactive ketones (excluding diaryl/α,β-unsaturated/α-hetero) is 1. The molecule has 1 aromatic rings. The van der Waals surface area contributed by atoms with Crippen molar-refractivity contribution in [2.45, 2.75) is 25.2 Å². The number of methoxy groups -OCH3 is 1. The third-order valence-corrected chi connectivity index (χ3v) is 2.89. The van der Waals surface area contributed by atoms with Gasteiger partial charge in [0.2, 0.25) is 0 Å². The van der Waals surface area contributed by atoms with E-state index in [0.29, 0.717) is 5.56 Å². The first kappa shape index (κ1) is 16.6. The minimum Gasteiger partial charge on any atom is -0.494 e. The van der Waals surface area contributed by atoms with Crippen molar-refractivity contribution in [1.29, 1.82) is 0 Å². The zero-order chi connectivity index (χ0) is 16.0. The third kappa shape index (κ3) is 5.21. The molecule has 0 heterocycles. The molecule has 1 rings (SSSR count). The van der Waals surface area contributed by atoms with Gasteiger partial charge in [-0.1, -0.05) is 6.07 Å². The summed E-state index contributed by atoms with van der Waals surface area (Å²) in [5.74, 6) is -4.49. The van der Waals surface area contributed by atoms with E-state index in [1.165, 1.54) is 19.2 Å². The maximum absolute atomic E-state index is 13.6. The maximum Gasteiger partial charge on any atom is 0.310 e. The van der Waals surface area contributed by atoms with Crippen LogP contribution in [-0.2, 0) is 14.4 Å². The second-order valence-electron chi connectivity index (χ2n) is 4.50. The van der Waals surface area contributed by atoms with Crippen molar-refractivity contribution in [3.8, 4) is 5.75 Å². The Hall–Kier alpha value is -2.44. The van der Waals surface area contributed by atoms with Crippen molar-refractivity contribution < 1.29 is 33.7 Å². The summed E-state index contributed by atoms with van der Waals surface area (Å²) < 4.78 is 18.4. The van der Waals surface area contributed by atoms with E-state index in [1.54, 1.807) is 0 Å². The first-order chi connectivity index (χ1) is 9.83. The van der Waals surface area contributed by atoms with E-state index >= 15 is 0 Å². The van der Waals surface area contributed by atoms with Crippen molar-refractivity contribution >= 4 is 17.7 Å². The lowest BCUT2D eigenvalue weighted by molar-refractivity contribution is -0.140. The highest BCUT2D eigenvalue weighted by molar-refractivity contribution is 5.95. The molecule has 114 valence electrons. The van der Waals surface area contributed by atoms with Crippen LogP contribution in [0.4, 0.5) is 4.39 Å². The number of benzene rings is 1. The summed E-state index contributed by atoms with van der Waals surface area (Å²) in [6.45, 7) is 0. The standard InChI is InChI=1S/C14H15FO6/c1-21-12-3-2-8(5-11(12)15)9(6-13(17)18)4-10(16)7-14(19)20/h2-3,5,9H,4,6-7H2,1H3,(H,17,18)(H,19,20). The van der Waals surface area contributed by atoms with Crippen molar-refractivity contribution in [1.82, 2.24) is 0 Å². The molecule has 1 atom stereocenters. The maximum atomic E-state index is 13.6. The molecule has 0 aliphatic carbocycles. The number of ether oxygens (including phenoxy) is 1. The zero-order valence-corrected chi connectivity index (χ0v) is 11.3. The lowest BCUT2D eigenvalue weighted by atomic mass is 9.90. The molecule has 0 aromatic heterocycles. The van der Waals surface area contributed by atoms with Crippen LogP contribution >= 0.6 is 0 Å². The number of carbonyl (C=O) groups is 3. The molecule has 0 bridgehead atoms. The Kier molecular flexibility index (Phi) is 5.83. The van der Waals surface area contributed by atoms with Crippen LogP contribution in [0.2, 0.25) is 0 Å². The predicted molar refractivity (Wildman–Crippen MR) is 69.8 cm³/mol. The lowest BCUT2D eigenvalue weighted by Crippen LogP contribution is -2.14. The van der Waals surface area contributed by atoms with E-state index in [-0.39, 0.29) is 12.2 Å². The summed E-state index contributed by atoms with van der Waals surface area (Å²) in [5.41, 5.74) is 0.314. The minimum atomic E-state index is -1.28. The number of carboxylic acid groups (broad SMARTS) is 2. The Balaban J connectivity index is 2.96. The summed E-state index contributed by atoms with van der Waals surface area (Å²) in [7, 11) is 1.29. The monoisotopic (exact) mass is 298 g/mol. The number of aliphatic carboxylic acids is 2. The van der Waals surface area contributed by atoms with Crippen LogP contribution in [0.25, 0.3) is 0 Å². The molecule has 2 N–H and O–H groups in total. The van der Waals surface area contributed by atoms with E-state index in [0.717, 1.165) is 6.07 Å². The van der Waals surface area contributed by atoms with Gasteiger partial charge < -0.3 is 14.9 Å². The fourth-order valence-corrected chi connectivity index (χ4v) is 1.97. The molecule has 1 aromatic carbocycles. The van der Waals surface area contributed by atoms with E-state index < -0.39 is 42.3 Å². The van der Waals surface area contributed by atoms with Gasteiger partial charge in [0.25, 0.3) is 0 Å². The second kappa shape index (κ2) is 7.37. The largest absolute Gasteiger partial charge is 0.494 e. The minimum absolute atomic E-state index is 0.00434. The first-order valence-corrected chi connectivity index (χ1v) is 6.12. The third-order valence-electron chi connectivity index (χ3n) is 2.89. The molecule has 1 unspecified atom stereocenters. The molecule has 0 saturated carbocycles. The van der Waals surface area contributed by atoms with Crippen LogP contribution in [0.15, 0.2) is 18.2 Å². The Labute approximate surface area is 120 Å². The summed E-state index contributed by atoms with van der Waals surface area (Å²) in [4.78, 5) is 32.9. The molecule has 6 nitrogen and oxygen atoms in total. The number of halogens is 1. The quantitative estimate of drug-likeness (QED) is 0.710. The number of carboxylic acids is 2. The van der Waals surface area contributed by atoms with Crippen molar-refractivity contribution in [2.24, 2.45) is 0 Å². The van der Waals surface area contributed by atoms with E-state index in [2.05, 4.69) is 0 Å². The highest BCUT2D eigenvalue weighted by atomic mass is 19.1. The van der Waals surface area contributed by atoms with Gasteiger partial charge in [0.15, 0.2) is 11.6 Å². The van der Waals surface area contributed by atoms with Crippen LogP contribution in [-0.4, -0.2) is 35.0 Å². The molecule has 0 fully saturated rings. The average molecular weight is 298 g/mol. The number of ketones is 1. The molecule has 0 spiro atoms. The molecule has 0 aliphatic rings. The first-order valence-electron chi connectivity index (χ1n) is 6.12. The van der Waals surface area contributed by atoms with Gasteiger partial charge in [-0.05, 0) is 17.7 Å². The van der Waals surface area contributed by atoms with Crippen molar-refractivity contribution in [2.75, 3.05) is 7.11 Å². The van der Waals surface area contributed by atoms with Crippen molar-refractivity contribution in [3.63, 3.8) is 0 Å². The van der Waals surface area contributed by atoms with Gasteiger partial charge in [-0.15, -0.1) is 0 Å². The summed E-state index contributed by atoms with van der Waals surface area (Å²) >= 11 is 0. The van der Waals surface area contributed by atoms with E-state index in [4.69, 9.17) is 14.9 Å². The topological polar surface area (TPSA) is 101 Å². The van der Waals surface area contributed by atoms with Crippen LogP contribution < -0.4 is 4.74 Å². The van der Waals surface area contributed by atoms with E-state index in [1.807, 2.05) is 0 Å². The average Bonchev–Trinajstić information content (AvgIpc) is 2.36. The number of rotatable bonds is 8. The zero-order valence-electron chi connectivity index (χ0n) is 11.3. The van der Waals surface area contributed by atoms with Gasteiger partial charge in [-0.25, -0.2) is 4.39 Å². The molecule has 0 radical (unpaired) electrons. The summed E-state index contributed by atoms with van der Waals surface area (Å²) in [6.07, 6.45) is -1.35. The van der Waals surface area contributed by atoms with Gasteiger partial charge >= 0.3 is 11.9 Å². The number of carbonyl (C=O) groups excluding carboxylic acids is 1. The summed E-state index contributed by atoms with van der Waals surface area (Å²) in [5, 5.41) is 17.4. The van der Waals surface area contributed by atoms with Crippen LogP contribution in [0.5, 0.6) is 5.75 Å². The normalized spacial score (nSPS) is 11.7. The molecular formula is C14H15FO6. The highest BCUT2D eigenvalue weighted by Gasteiger charge is 2.21. The molecule has 0 aliphatic heterocycles. The Morgan fingerprint density at radius 2 is 1.86 bits per heavy atom. The fraction of sp³-hybridized carbons (Fsp3) is 0.357. The van der Waals surface area contributed by atoms with Gasteiger partial charge in [-0.3, -0.25) is 14.4 Å². The van der Waals surface area contributed by atoms with Gasteiger partial charge in [0.05, 0.1) is 13.5 Å². The second-order valence-corrected chi connectivity index (χ2v) is 4.50. The Bertz CT molecular complexity index is 554. The predicted octanol–water partition coefficient (Wildman–Crippen LogP) is 1.83. The lowest BCUT2D eigenvalue weighted by Gasteiger charge is -2.15. The van der Waals surface area contributed by atoms with E-state index in [9.17, 15) is 18.8 Å². The SMILES string of the molecule is COc1ccc(C(CC(=O)O)CC(=O)CC(=O)O)cc1F. The molecule has 7 heteroatoms. The Morgan fingerprint density at radius 3 is 2.33 bits per heavy atom.